The monoisotopic (exact) mass is 466 g/mol. The molecule has 1 unspecified atom stereocenters. The van der Waals surface area contributed by atoms with Crippen molar-refractivity contribution < 1.29 is 14.3 Å². The zero-order valence-electron chi connectivity index (χ0n) is 18.7. The number of nitrogens with one attached hydrogen (secondary N) is 4. The summed E-state index contributed by atoms with van der Waals surface area (Å²) >= 11 is 0. The van der Waals surface area contributed by atoms with Gasteiger partial charge in [0.05, 0.1) is 12.0 Å². The molecule has 7 nitrogen and oxygen atoms in total. The lowest BCUT2D eigenvalue weighted by molar-refractivity contribution is -0.124. The molecule has 0 radical (unpaired) electrons. The predicted octanol–water partition coefficient (Wildman–Crippen LogP) is 2.38. The quantitative estimate of drug-likeness (QED) is 0.110. The van der Waals surface area contributed by atoms with E-state index in [4.69, 9.17) is 4.74 Å². The van der Waals surface area contributed by atoms with E-state index in [-0.39, 0.29) is 29.7 Å². The number of ether oxygens (including phenoxy) is 1. The van der Waals surface area contributed by atoms with E-state index in [0.717, 1.165) is 18.7 Å². The second-order valence-electron chi connectivity index (χ2n) is 6.85. The van der Waals surface area contributed by atoms with Crippen LogP contribution in [0.15, 0.2) is 24.3 Å². The number of carbonyl (C=O) groups is 2. The molecule has 0 fully saturated rings. The van der Waals surface area contributed by atoms with E-state index in [9.17, 15) is 9.59 Å². The molecule has 1 aromatic rings. The van der Waals surface area contributed by atoms with Crippen LogP contribution in [0.4, 0.5) is 0 Å². The maximum atomic E-state index is 12.2. The molecule has 1 atom stereocenters. The summed E-state index contributed by atoms with van der Waals surface area (Å²) in [5.74, 6) is 2.76. The highest BCUT2D eigenvalue weighted by molar-refractivity contribution is 8.76. The molecule has 172 valence electrons. The van der Waals surface area contributed by atoms with Gasteiger partial charge in [-0.05, 0) is 30.5 Å². The second kappa shape index (κ2) is 16.9. The molecule has 0 aliphatic rings. The number of rotatable bonds is 14. The van der Waals surface area contributed by atoms with E-state index in [2.05, 4.69) is 33.2 Å². The van der Waals surface area contributed by atoms with Crippen LogP contribution >= 0.6 is 21.6 Å². The van der Waals surface area contributed by atoms with Gasteiger partial charge in [-0.1, -0.05) is 60.4 Å². The summed E-state index contributed by atoms with van der Waals surface area (Å²) in [7, 11) is 3.34. The van der Waals surface area contributed by atoms with E-state index >= 15 is 0 Å². The third-order valence-electron chi connectivity index (χ3n) is 3.88. The number of hydrogen-bond acceptors (Lipinski definition) is 7. The van der Waals surface area contributed by atoms with Gasteiger partial charge in [-0.25, -0.2) is 0 Å². The van der Waals surface area contributed by atoms with Crippen LogP contribution in [-0.4, -0.2) is 57.5 Å². The van der Waals surface area contributed by atoms with E-state index < -0.39 is 0 Å². The molecular weight excluding hydrogens is 432 g/mol. The third-order valence-corrected chi connectivity index (χ3v) is 5.86. The molecule has 0 heterocycles. The van der Waals surface area contributed by atoms with Gasteiger partial charge in [0.1, 0.15) is 6.61 Å². The Hall–Kier alpha value is -1.70. The molecule has 0 saturated carbocycles. The fraction of sp³-hybridized carbons (Fsp3) is 0.545. The maximum absolute atomic E-state index is 12.2. The van der Waals surface area contributed by atoms with Crippen LogP contribution in [0.5, 0.6) is 0 Å². The van der Waals surface area contributed by atoms with Gasteiger partial charge in [-0.2, -0.15) is 0 Å². The fourth-order valence-corrected chi connectivity index (χ4v) is 4.13. The summed E-state index contributed by atoms with van der Waals surface area (Å²) in [6.45, 7) is 9.17. The van der Waals surface area contributed by atoms with Crippen molar-refractivity contribution in [3.05, 3.63) is 35.4 Å². The SMILES string of the molecule is CCNCCNC(=O)c1ccc(C(NCCOCC(=O)NC#CC(C)C)SSC)cc1. The third kappa shape index (κ3) is 12.7. The van der Waals surface area contributed by atoms with Crippen LogP contribution in [0.2, 0.25) is 0 Å². The van der Waals surface area contributed by atoms with Gasteiger partial charge < -0.3 is 15.4 Å². The van der Waals surface area contributed by atoms with Crippen LogP contribution in [0.1, 0.15) is 42.1 Å². The van der Waals surface area contributed by atoms with E-state index in [1.54, 1.807) is 21.6 Å². The molecule has 31 heavy (non-hydrogen) atoms. The Labute approximate surface area is 194 Å². The average Bonchev–Trinajstić information content (AvgIpc) is 2.75. The first-order chi connectivity index (χ1) is 15.0. The minimum atomic E-state index is -0.248. The minimum absolute atomic E-state index is 0.0215. The molecule has 1 aromatic carbocycles. The number of benzene rings is 1. The zero-order valence-corrected chi connectivity index (χ0v) is 20.4. The van der Waals surface area contributed by atoms with Crippen LogP contribution in [0.3, 0.4) is 0 Å². The molecular formula is C22H34N4O3S2. The molecule has 0 saturated heterocycles. The van der Waals surface area contributed by atoms with Crippen LogP contribution in [0, 0.1) is 17.9 Å². The molecule has 1 rings (SSSR count). The van der Waals surface area contributed by atoms with Crippen molar-refractivity contribution in [2.75, 3.05) is 45.6 Å². The first-order valence-electron chi connectivity index (χ1n) is 10.4. The molecule has 0 aliphatic heterocycles. The largest absolute Gasteiger partial charge is 0.370 e. The lowest BCUT2D eigenvalue weighted by Gasteiger charge is -2.18. The highest BCUT2D eigenvalue weighted by Gasteiger charge is 2.13. The van der Waals surface area contributed by atoms with E-state index in [1.165, 1.54) is 0 Å². The number of hydrogen-bond donors (Lipinski definition) is 4. The Morgan fingerprint density at radius 1 is 1.13 bits per heavy atom. The standard InChI is InChI=1S/C22H34N4O3S2/c1-5-23-12-13-25-21(28)18-6-8-19(9-7-18)22(31-30-4)26-14-15-29-16-20(27)24-11-10-17(2)3/h6-9,17,22-23,26H,5,12-16H2,1-4H3,(H,24,27)(H,25,28). The zero-order chi connectivity index (χ0) is 22.9. The topological polar surface area (TPSA) is 91.5 Å². The predicted molar refractivity (Wildman–Crippen MR) is 131 cm³/mol. The lowest BCUT2D eigenvalue weighted by Crippen LogP contribution is -2.31. The molecule has 0 aromatic heterocycles. The molecule has 0 bridgehead atoms. The van der Waals surface area contributed by atoms with Crippen molar-refractivity contribution in [2.45, 2.75) is 26.1 Å². The summed E-state index contributed by atoms with van der Waals surface area (Å²) in [6.07, 6.45) is 2.02. The van der Waals surface area contributed by atoms with Crippen molar-refractivity contribution in [2.24, 2.45) is 5.92 Å². The Kier molecular flexibility index (Phi) is 14.9. The van der Waals surface area contributed by atoms with Gasteiger partial charge in [0.2, 0.25) is 0 Å². The molecule has 0 aliphatic carbocycles. The highest BCUT2D eigenvalue weighted by atomic mass is 33.1. The summed E-state index contributed by atoms with van der Waals surface area (Å²) < 4.78 is 5.41. The molecule has 4 N–H and O–H groups in total. The van der Waals surface area contributed by atoms with Crippen LogP contribution < -0.4 is 21.3 Å². The second-order valence-corrected chi connectivity index (χ2v) is 9.43. The summed E-state index contributed by atoms with van der Waals surface area (Å²) in [5, 5.41) is 12.0. The lowest BCUT2D eigenvalue weighted by atomic mass is 10.1. The van der Waals surface area contributed by atoms with Crippen molar-refractivity contribution in [1.82, 2.24) is 21.3 Å². The summed E-state index contributed by atoms with van der Waals surface area (Å²) in [4.78, 5) is 23.8. The van der Waals surface area contributed by atoms with Crippen LogP contribution in [0.25, 0.3) is 0 Å². The van der Waals surface area contributed by atoms with Gasteiger partial charge in [-0.15, -0.1) is 0 Å². The number of likely N-dealkylation sites (N-methyl/N-ethyl adjacent to an activating group) is 1. The first-order valence-corrected chi connectivity index (χ1v) is 13.0. The van der Waals surface area contributed by atoms with Crippen molar-refractivity contribution in [3.63, 3.8) is 0 Å². The first kappa shape index (κ1) is 27.3. The molecule has 0 spiro atoms. The van der Waals surface area contributed by atoms with Gasteiger partial charge >= 0.3 is 0 Å². The Morgan fingerprint density at radius 3 is 2.52 bits per heavy atom. The van der Waals surface area contributed by atoms with E-state index in [0.29, 0.717) is 25.3 Å². The van der Waals surface area contributed by atoms with Gasteiger partial charge in [0, 0.05) is 37.2 Å². The maximum Gasteiger partial charge on any atom is 0.257 e. The average molecular weight is 467 g/mol. The van der Waals surface area contributed by atoms with Gasteiger partial charge in [0.15, 0.2) is 0 Å². The Bertz CT molecular complexity index is 718. The minimum Gasteiger partial charge on any atom is -0.370 e. The smallest absolute Gasteiger partial charge is 0.257 e. The van der Waals surface area contributed by atoms with Gasteiger partial charge in [0.25, 0.3) is 11.8 Å². The molecule has 9 heteroatoms. The fourth-order valence-electron chi connectivity index (χ4n) is 2.37. The Balaban J connectivity index is 2.41. The number of amides is 2. The van der Waals surface area contributed by atoms with Crippen LogP contribution in [-0.2, 0) is 9.53 Å². The van der Waals surface area contributed by atoms with Crippen molar-refractivity contribution in [3.8, 4) is 12.0 Å². The van der Waals surface area contributed by atoms with Crippen molar-refractivity contribution >= 4 is 33.4 Å². The molecule has 2 amide bonds. The van der Waals surface area contributed by atoms with Gasteiger partial charge in [-0.3, -0.25) is 20.2 Å². The normalized spacial score (nSPS) is 11.5. The summed E-state index contributed by atoms with van der Waals surface area (Å²) in [6, 6.07) is 10.2. The highest BCUT2D eigenvalue weighted by Crippen LogP contribution is 2.34. The van der Waals surface area contributed by atoms with E-state index in [1.807, 2.05) is 51.3 Å². The Morgan fingerprint density at radius 2 is 1.87 bits per heavy atom. The number of carbonyl (C=O) groups excluding carboxylic acids is 2. The van der Waals surface area contributed by atoms with Crippen molar-refractivity contribution in [1.29, 1.82) is 0 Å². The summed E-state index contributed by atoms with van der Waals surface area (Å²) in [5.41, 5.74) is 1.72.